The highest BCUT2D eigenvalue weighted by molar-refractivity contribution is 5.36. The van der Waals surface area contributed by atoms with Crippen molar-refractivity contribution in [3.05, 3.63) is 29.8 Å². The lowest BCUT2D eigenvalue weighted by molar-refractivity contribution is 0.181. The van der Waals surface area contributed by atoms with Crippen LogP contribution in [0.3, 0.4) is 0 Å². The van der Waals surface area contributed by atoms with Crippen molar-refractivity contribution < 1.29 is 4.74 Å². The van der Waals surface area contributed by atoms with Gasteiger partial charge >= 0.3 is 0 Å². The average Bonchev–Trinajstić information content (AvgIpc) is 2.54. The van der Waals surface area contributed by atoms with Crippen LogP contribution in [-0.2, 0) is 0 Å². The van der Waals surface area contributed by atoms with Crippen molar-refractivity contribution in [2.75, 3.05) is 27.2 Å². The number of hydrogen-bond donors (Lipinski definition) is 1. The second kappa shape index (κ2) is 9.80. The highest BCUT2D eigenvalue weighted by Gasteiger charge is 2.20. The van der Waals surface area contributed by atoms with Crippen molar-refractivity contribution in [2.45, 2.75) is 52.1 Å². The summed E-state index contributed by atoms with van der Waals surface area (Å²) in [6.07, 6.45) is 3.69. The van der Waals surface area contributed by atoms with Gasteiger partial charge in [0.1, 0.15) is 5.75 Å². The molecule has 3 nitrogen and oxygen atoms in total. The molecule has 0 aliphatic carbocycles. The first-order valence-corrected chi connectivity index (χ1v) is 8.22. The third-order valence-electron chi connectivity index (χ3n) is 4.29. The van der Waals surface area contributed by atoms with Crippen molar-refractivity contribution >= 4 is 0 Å². The van der Waals surface area contributed by atoms with Gasteiger partial charge in [-0.2, -0.15) is 0 Å². The van der Waals surface area contributed by atoms with Crippen molar-refractivity contribution in [1.82, 2.24) is 10.2 Å². The Morgan fingerprint density at radius 1 is 1.24 bits per heavy atom. The van der Waals surface area contributed by atoms with Gasteiger partial charge in [-0.05, 0) is 39.4 Å². The minimum atomic E-state index is 0.298. The molecular formula is C18H32N2O. The number of benzene rings is 1. The maximum absolute atomic E-state index is 5.52. The minimum Gasteiger partial charge on any atom is -0.496 e. The van der Waals surface area contributed by atoms with Crippen LogP contribution in [0.4, 0.5) is 0 Å². The molecule has 0 bridgehead atoms. The lowest BCUT2D eigenvalue weighted by Gasteiger charge is -2.32. The largest absolute Gasteiger partial charge is 0.496 e. The smallest absolute Gasteiger partial charge is 0.123 e. The topological polar surface area (TPSA) is 24.5 Å². The number of nitrogens with one attached hydrogen (secondary N) is 1. The van der Waals surface area contributed by atoms with Crippen LogP contribution in [0.25, 0.3) is 0 Å². The molecule has 0 radical (unpaired) electrons. The van der Waals surface area contributed by atoms with Crippen molar-refractivity contribution in [3.8, 4) is 5.75 Å². The Bertz CT molecular complexity index is 395. The molecule has 1 aromatic rings. The molecule has 0 amide bonds. The first kappa shape index (κ1) is 18.0. The molecule has 1 rings (SSSR count). The fourth-order valence-corrected chi connectivity index (χ4v) is 2.64. The molecule has 1 aromatic carbocycles. The molecule has 2 atom stereocenters. The fraction of sp³-hybridized carbons (Fsp3) is 0.667. The van der Waals surface area contributed by atoms with E-state index in [9.17, 15) is 0 Å². The monoisotopic (exact) mass is 292 g/mol. The van der Waals surface area contributed by atoms with Gasteiger partial charge in [0.15, 0.2) is 0 Å². The predicted molar refractivity (Wildman–Crippen MR) is 91.0 cm³/mol. The van der Waals surface area contributed by atoms with Gasteiger partial charge in [0, 0.05) is 24.2 Å². The number of methoxy groups -OCH3 is 1. The van der Waals surface area contributed by atoms with E-state index in [2.05, 4.69) is 43.1 Å². The van der Waals surface area contributed by atoms with E-state index in [0.29, 0.717) is 12.1 Å². The Kier molecular flexibility index (Phi) is 8.40. The molecule has 0 saturated carbocycles. The van der Waals surface area contributed by atoms with E-state index in [1.165, 1.54) is 31.4 Å². The van der Waals surface area contributed by atoms with E-state index >= 15 is 0 Å². The van der Waals surface area contributed by atoms with Crippen LogP contribution in [0.2, 0.25) is 0 Å². The van der Waals surface area contributed by atoms with Gasteiger partial charge in [0.25, 0.3) is 0 Å². The Labute approximate surface area is 130 Å². The summed E-state index contributed by atoms with van der Waals surface area (Å²) in [6, 6.07) is 9.23. The number of likely N-dealkylation sites (N-methyl/N-ethyl adjacent to an activating group) is 1. The average molecular weight is 292 g/mol. The summed E-state index contributed by atoms with van der Waals surface area (Å²) in [5, 5.41) is 3.46. The Hall–Kier alpha value is -1.06. The van der Waals surface area contributed by atoms with E-state index in [1.54, 1.807) is 7.11 Å². The van der Waals surface area contributed by atoms with Crippen LogP contribution >= 0.6 is 0 Å². The van der Waals surface area contributed by atoms with Crippen molar-refractivity contribution in [2.24, 2.45) is 0 Å². The van der Waals surface area contributed by atoms with Crippen LogP contribution in [-0.4, -0.2) is 38.2 Å². The van der Waals surface area contributed by atoms with Crippen molar-refractivity contribution in [3.63, 3.8) is 0 Å². The van der Waals surface area contributed by atoms with Gasteiger partial charge in [-0.15, -0.1) is 0 Å². The van der Waals surface area contributed by atoms with E-state index < -0.39 is 0 Å². The van der Waals surface area contributed by atoms with Crippen LogP contribution in [0.15, 0.2) is 24.3 Å². The second-order valence-corrected chi connectivity index (χ2v) is 5.69. The van der Waals surface area contributed by atoms with Gasteiger partial charge < -0.3 is 10.1 Å². The molecule has 21 heavy (non-hydrogen) atoms. The van der Waals surface area contributed by atoms with Gasteiger partial charge in [0.2, 0.25) is 0 Å². The zero-order valence-electron chi connectivity index (χ0n) is 14.4. The molecule has 0 fully saturated rings. The predicted octanol–water partition coefficient (Wildman–Crippen LogP) is 3.86. The second-order valence-electron chi connectivity index (χ2n) is 5.69. The van der Waals surface area contributed by atoms with E-state index in [-0.39, 0.29) is 0 Å². The Morgan fingerprint density at radius 2 is 1.95 bits per heavy atom. The summed E-state index contributed by atoms with van der Waals surface area (Å²) < 4.78 is 5.52. The lowest BCUT2D eigenvalue weighted by atomic mass is 10.0. The first-order valence-electron chi connectivity index (χ1n) is 8.22. The number of unbranched alkanes of at least 4 members (excludes halogenated alkanes) is 1. The van der Waals surface area contributed by atoms with Crippen LogP contribution in [0, 0.1) is 0 Å². The lowest BCUT2D eigenvalue weighted by Crippen LogP contribution is -2.40. The summed E-state index contributed by atoms with van der Waals surface area (Å²) in [6.45, 7) is 9.03. The summed E-state index contributed by atoms with van der Waals surface area (Å²) in [4.78, 5) is 2.59. The standard InChI is InChI=1S/C18H32N2O/c1-6-8-13-20(15(3)7-2)14-17(19-4)16-11-9-10-12-18(16)21-5/h9-12,15,17,19H,6-8,13-14H2,1-5H3. The van der Waals surface area contributed by atoms with Gasteiger partial charge in [-0.1, -0.05) is 38.5 Å². The molecular weight excluding hydrogens is 260 g/mol. The zero-order valence-corrected chi connectivity index (χ0v) is 14.4. The quantitative estimate of drug-likeness (QED) is 0.709. The molecule has 1 N–H and O–H groups in total. The van der Waals surface area contributed by atoms with E-state index in [1.807, 2.05) is 19.2 Å². The summed E-state index contributed by atoms with van der Waals surface area (Å²) in [7, 11) is 3.78. The highest BCUT2D eigenvalue weighted by atomic mass is 16.5. The Morgan fingerprint density at radius 3 is 2.52 bits per heavy atom. The summed E-state index contributed by atoms with van der Waals surface area (Å²) in [5.74, 6) is 0.969. The summed E-state index contributed by atoms with van der Waals surface area (Å²) in [5.41, 5.74) is 1.24. The van der Waals surface area contributed by atoms with Crippen LogP contribution < -0.4 is 10.1 Å². The van der Waals surface area contributed by atoms with Gasteiger partial charge in [-0.3, -0.25) is 4.90 Å². The van der Waals surface area contributed by atoms with Crippen LogP contribution in [0.1, 0.15) is 51.6 Å². The molecule has 0 heterocycles. The molecule has 120 valence electrons. The number of ether oxygens (including phenoxy) is 1. The molecule has 0 aliphatic heterocycles. The number of para-hydroxylation sites is 1. The first-order chi connectivity index (χ1) is 10.2. The minimum absolute atomic E-state index is 0.298. The van der Waals surface area contributed by atoms with E-state index in [0.717, 1.165) is 12.3 Å². The highest BCUT2D eigenvalue weighted by Crippen LogP contribution is 2.26. The molecule has 0 spiro atoms. The van der Waals surface area contributed by atoms with E-state index in [4.69, 9.17) is 4.74 Å². The molecule has 0 aromatic heterocycles. The van der Waals surface area contributed by atoms with Gasteiger partial charge in [-0.25, -0.2) is 0 Å². The maximum Gasteiger partial charge on any atom is 0.123 e. The number of rotatable bonds is 10. The molecule has 0 aliphatic rings. The fourth-order valence-electron chi connectivity index (χ4n) is 2.64. The third-order valence-corrected chi connectivity index (χ3v) is 4.29. The summed E-state index contributed by atoms with van der Waals surface area (Å²) >= 11 is 0. The third kappa shape index (κ3) is 5.33. The van der Waals surface area contributed by atoms with Crippen molar-refractivity contribution in [1.29, 1.82) is 0 Å². The number of nitrogens with zero attached hydrogens (tertiary/aromatic N) is 1. The zero-order chi connectivity index (χ0) is 15.7. The number of hydrogen-bond acceptors (Lipinski definition) is 3. The van der Waals surface area contributed by atoms with Gasteiger partial charge in [0.05, 0.1) is 7.11 Å². The SMILES string of the molecule is CCCCN(CC(NC)c1ccccc1OC)C(C)CC. The molecule has 3 heteroatoms. The molecule has 2 unspecified atom stereocenters. The maximum atomic E-state index is 5.52. The Balaban J connectivity index is 2.86. The molecule has 0 saturated heterocycles. The van der Waals surface area contributed by atoms with Crippen LogP contribution in [0.5, 0.6) is 5.75 Å². The normalized spacial score (nSPS) is 14.2.